The Balaban J connectivity index is 3.14. The molecule has 0 bridgehead atoms. The molecule has 0 fully saturated rings. The zero-order valence-electron chi connectivity index (χ0n) is 7.11. The first-order chi connectivity index (χ1) is 6.66. The molecule has 0 saturated heterocycles. The Bertz CT molecular complexity index is 379. The van der Waals surface area contributed by atoms with Crippen molar-refractivity contribution in [2.24, 2.45) is 0 Å². The molecule has 3 nitrogen and oxygen atoms in total. The lowest BCUT2D eigenvalue weighted by Gasteiger charge is -1.97. The van der Waals surface area contributed by atoms with Crippen LogP contribution in [0.15, 0.2) is 24.3 Å². The van der Waals surface area contributed by atoms with Crippen molar-refractivity contribution in [3.63, 3.8) is 0 Å². The molecule has 0 radical (unpaired) electrons. The Kier molecular flexibility index (Phi) is 3.59. The van der Waals surface area contributed by atoms with Crippen LogP contribution < -0.4 is 0 Å². The van der Waals surface area contributed by atoms with Gasteiger partial charge in [-0.05, 0) is 0 Å². The van der Waals surface area contributed by atoms with Gasteiger partial charge in [0.25, 0.3) is 0 Å². The Morgan fingerprint density at radius 3 is 2.86 bits per heavy atom. The number of halogens is 2. The maximum atomic E-state index is 13.3. The minimum absolute atomic E-state index is 0.167. The fraction of sp³-hybridized carbons (Fsp3) is 0.111. The molecule has 5 heteroatoms. The lowest BCUT2D eigenvalue weighted by molar-refractivity contribution is -0.387. The Hall–Kier alpha value is -1.42. The van der Waals surface area contributed by atoms with E-state index in [2.05, 4.69) is 0 Å². The van der Waals surface area contributed by atoms with Gasteiger partial charge in [-0.1, -0.05) is 24.3 Å². The van der Waals surface area contributed by atoms with Gasteiger partial charge in [0, 0.05) is 17.5 Å². The Morgan fingerprint density at radius 1 is 1.57 bits per heavy atom. The number of hydrogen-bond acceptors (Lipinski definition) is 2. The monoisotopic (exact) mass is 215 g/mol. The van der Waals surface area contributed by atoms with Crippen molar-refractivity contribution in [1.82, 2.24) is 0 Å². The molecule has 0 aliphatic carbocycles. The lowest BCUT2D eigenvalue weighted by Crippen LogP contribution is -1.94. The molecule has 0 unspecified atom stereocenters. The van der Waals surface area contributed by atoms with Crippen LogP contribution in [0.5, 0.6) is 0 Å². The number of nitrogens with zero attached hydrogens (tertiary/aromatic N) is 1. The summed E-state index contributed by atoms with van der Waals surface area (Å²) in [6.07, 6.45) is 2.93. The van der Waals surface area contributed by atoms with Gasteiger partial charge in [-0.3, -0.25) is 10.1 Å². The van der Waals surface area contributed by atoms with Gasteiger partial charge in [0.1, 0.15) is 0 Å². The summed E-state index contributed by atoms with van der Waals surface area (Å²) < 4.78 is 13.3. The van der Waals surface area contributed by atoms with Gasteiger partial charge in [0.05, 0.1) is 4.92 Å². The first-order valence-electron chi connectivity index (χ1n) is 3.82. The van der Waals surface area contributed by atoms with Crippen LogP contribution >= 0.6 is 11.6 Å². The van der Waals surface area contributed by atoms with Gasteiger partial charge in [0.15, 0.2) is 0 Å². The zero-order valence-corrected chi connectivity index (χ0v) is 7.87. The molecule has 0 aliphatic rings. The third kappa shape index (κ3) is 2.29. The summed E-state index contributed by atoms with van der Waals surface area (Å²) in [6, 6.07) is 3.99. The summed E-state index contributed by atoms with van der Waals surface area (Å²) in [4.78, 5) is 9.61. The fourth-order valence-corrected chi connectivity index (χ4v) is 1.07. The molecule has 0 aliphatic heterocycles. The number of benzene rings is 1. The number of allylic oxidation sites excluding steroid dienone is 1. The summed E-state index contributed by atoms with van der Waals surface area (Å²) in [5, 5.41) is 10.4. The van der Waals surface area contributed by atoms with Crippen LogP contribution in [0.2, 0.25) is 0 Å². The van der Waals surface area contributed by atoms with Gasteiger partial charge in [-0.25, -0.2) is 0 Å². The largest absolute Gasteiger partial charge is 0.305 e. The number of nitro benzene ring substituents is 1. The van der Waals surface area contributed by atoms with Crippen LogP contribution in [-0.4, -0.2) is 10.8 Å². The van der Waals surface area contributed by atoms with E-state index in [0.717, 1.165) is 6.07 Å². The Morgan fingerprint density at radius 2 is 2.29 bits per heavy atom. The first kappa shape index (κ1) is 10.7. The highest BCUT2D eigenvalue weighted by Gasteiger charge is 2.15. The van der Waals surface area contributed by atoms with Crippen molar-refractivity contribution in [2.75, 3.05) is 5.88 Å². The summed E-state index contributed by atoms with van der Waals surface area (Å²) in [7, 11) is 0. The molecule has 14 heavy (non-hydrogen) atoms. The molecular formula is C9H7ClFNO2. The molecule has 1 aromatic carbocycles. The van der Waals surface area contributed by atoms with E-state index in [1.54, 1.807) is 0 Å². The second-order valence-corrected chi connectivity index (χ2v) is 2.80. The Labute approximate surface area is 85.0 Å². The molecule has 0 saturated carbocycles. The van der Waals surface area contributed by atoms with Crippen molar-refractivity contribution in [2.45, 2.75) is 0 Å². The van der Waals surface area contributed by atoms with E-state index >= 15 is 0 Å². The summed E-state index contributed by atoms with van der Waals surface area (Å²) in [5.41, 5.74) is -0.360. The van der Waals surface area contributed by atoms with Gasteiger partial charge >= 0.3 is 5.69 Å². The minimum Gasteiger partial charge on any atom is -0.258 e. The molecular weight excluding hydrogens is 209 g/mol. The molecule has 1 aromatic rings. The van der Waals surface area contributed by atoms with Gasteiger partial charge < -0.3 is 0 Å². The highest BCUT2D eigenvalue weighted by atomic mass is 35.5. The quantitative estimate of drug-likeness (QED) is 0.442. The fourth-order valence-electron chi connectivity index (χ4n) is 0.978. The maximum absolute atomic E-state index is 13.3. The van der Waals surface area contributed by atoms with Crippen molar-refractivity contribution < 1.29 is 9.31 Å². The van der Waals surface area contributed by atoms with Crippen LogP contribution in [-0.2, 0) is 0 Å². The van der Waals surface area contributed by atoms with Crippen molar-refractivity contribution >= 4 is 23.4 Å². The SMILES string of the molecule is O=[N+]([O-])c1cccc(C=CCCl)c1F. The summed E-state index contributed by atoms with van der Waals surface area (Å²) in [6.45, 7) is 0. The lowest BCUT2D eigenvalue weighted by atomic mass is 10.2. The third-order valence-electron chi connectivity index (χ3n) is 1.59. The van der Waals surface area contributed by atoms with Gasteiger partial charge in [0.2, 0.25) is 5.82 Å². The molecule has 0 heterocycles. The van der Waals surface area contributed by atoms with Crippen LogP contribution in [0.3, 0.4) is 0 Å². The van der Waals surface area contributed by atoms with Crippen LogP contribution in [0.25, 0.3) is 6.08 Å². The highest BCUT2D eigenvalue weighted by molar-refractivity contribution is 6.19. The van der Waals surface area contributed by atoms with E-state index in [1.165, 1.54) is 24.3 Å². The second kappa shape index (κ2) is 4.72. The van der Waals surface area contributed by atoms with Crippen molar-refractivity contribution in [1.29, 1.82) is 0 Å². The number of alkyl halides is 1. The van der Waals surface area contributed by atoms with E-state index in [1.807, 2.05) is 0 Å². The predicted molar refractivity (Wildman–Crippen MR) is 52.8 cm³/mol. The zero-order chi connectivity index (χ0) is 10.6. The second-order valence-electron chi connectivity index (χ2n) is 2.49. The van der Waals surface area contributed by atoms with E-state index in [9.17, 15) is 14.5 Å². The van der Waals surface area contributed by atoms with E-state index in [4.69, 9.17) is 11.6 Å². The average Bonchev–Trinajstić information content (AvgIpc) is 2.16. The highest BCUT2D eigenvalue weighted by Crippen LogP contribution is 2.20. The van der Waals surface area contributed by atoms with Crippen molar-refractivity contribution in [3.05, 3.63) is 45.8 Å². The number of nitro groups is 1. The molecule has 0 aromatic heterocycles. The van der Waals surface area contributed by atoms with Crippen molar-refractivity contribution in [3.8, 4) is 0 Å². The van der Waals surface area contributed by atoms with Crippen LogP contribution in [0.1, 0.15) is 5.56 Å². The molecule has 0 atom stereocenters. The first-order valence-corrected chi connectivity index (χ1v) is 4.35. The maximum Gasteiger partial charge on any atom is 0.305 e. The standard InChI is InChI=1S/C9H7ClFNO2/c10-6-2-4-7-3-1-5-8(9(7)11)12(13)14/h1-5H,6H2. The number of hydrogen-bond donors (Lipinski definition) is 0. The molecule has 1 rings (SSSR count). The minimum atomic E-state index is -0.834. The molecule has 0 amide bonds. The topological polar surface area (TPSA) is 43.1 Å². The summed E-state index contributed by atoms with van der Waals surface area (Å²) in [5.74, 6) is -0.596. The summed E-state index contributed by atoms with van der Waals surface area (Å²) >= 11 is 5.36. The van der Waals surface area contributed by atoms with Crippen LogP contribution in [0, 0.1) is 15.9 Å². The molecule has 0 spiro atoms. The average molecular weight is 216 g/mol. The van der Waals surface area contributed by atoms with E-state index in [-0.39, 0.29) is 11.4 Å². The van der Waals surface area contributed by atoms with E-state index < -0.39 is 16.4 Å². The normalized spacial score (nSPS) is 10.7. The predicted octanol–water partition coefficient (Wildman–Crippen LogP) is 2.99. The molecule has 74 valence electrons. The van der Waals surface area contributed by atoms with Gasteiger partial charge in [-0.15, -0.1) is 11.6 Å². The van der Waals surface area contributed by atoms with Gasteiger partial charge in [-0.2, -0.15) is 4.39 Å². The van der Waals surface area contributed by atoms with E-state index in [0.29, 0.717) is 0 Å². The number of rotatable bonds is 3. The molecule has 0 N–H and O–H groups in total. The third-order valence-corrected chi connectivity index (χ3v) is 1.77. The van der Waals surface area contributed by atoms with Crippen LogP contribution in [0.4, 0.5) is 10.1 Å². The smallest absolute Gasteiger partial charge is 0.258 e.